The van der Waals surface area contributed by atoms with Crippen molar-refractivity contribution in [3.63, 3.8) is 0 Å². The standard InChI is InChI=1S/C14H15N3O2.C3H8/c1-15-14-16-8-12(19-14)9-3-2-4-10(7-9)13(18)17-11-5-6-11;1-3-2/h2-4,7-8,11H,5-6H2,1H3,(H,15,16)(H,17,18);3H2,1-2H3. The fourth-order valence-electron chi connectivity index (χ4n) is 1.83. The van der Waals surface area contributed by atoms with E-state index in [1.807, 2.05) is 18.2 Å². The number of aromatic nitrogens is 1. The predicted molar refractivity (Wildman–Crippen MR) is 87.9 cm³/mol. The number of benzene rings is 1. The molecule has 1 saturated carbocycles. The van der Waals surface area contributed by atoms with Crippen molar-refractivity contribution in [2.75, 3.05) is 12.4 Å². The maximum absolute atomic E-state index is 12.0. The molecule has 1 aromatic carbocycles. The minimum absolute atomic E-state index is 0.0299. The van der Waals surface area contributed by atoms with Crippen LogP contribution in [0.1, 0.15) is 43.5 Å². The van der Waals surface area contributed by atoms with Crippen molar-refractivity contribution >= 4 is 11.9 Å². The van der Waals surface area contributed by atoms with E-state index in [0.717, 1.165) is 18.4 Å². The largest absolute Gasteiger partial charge is 0.424 e. The molecule has 0 aliphatic heterocycles. The maximum Gasteiger partial charge on any atom is 0.294 e. The third kappa shape index (κ3) is 4.35. The molecule has 0 bridgehead atoms. The molecule has 1 fully saturated rings. The number of hydrogen-bond acceptors (Lipinski definition) is 4. The maximum atomic E-state index is 12.0. The predicted octanol–water partition coefficient (Wildman–Crippen LogP) is 3.69. The average Bonchev–Trinajstić information content (AvgIpc) is 3.21. The molecule has 2 aromatic rings. The fourth-order valence-corrected chi connectivity index (χ4v) is 1.83. The van der Waals surface area contributed by atoms with Gasteiger partial charge in [-0.1, -0.05) is 32.4 Å². The van der Waals surface area contributed by atoms with Crippen LogP contribution in [0.2, 0.25) is 0 Å². The number of carbonyl (C=O) groups excluding carboxylic acids is 1. The highest BCUT2D eigenvalue weighted by atomic mass is 16.4. The lowest BCUT2D eigenvalue weighted by molar-refractivity contribution is 0.0951. The second-order valence-electron chi connectivity index (χ2n) is 5.32. The van der Waals surface area contributed by atoms with Gasteiger partial charge < -0.3 is 15.1 Å². The molecule has 0 unspecified atom stereocenters. The highest BCUT2D eigenvalue weighted by molar-refractivity contribution is 5.95. The Hall–Kier alpha value is -2.30. The van der Waals surface area contributed by atoms with Crippen molar-refractivity contribution < 1.29 is 9.21 Å². The minimum Gasteiger partial charge on any atom is -0.424 e. The summed E-state index contributed by atoms with van der Waals surface area (Å²) in [5, 5.41) is 5.80. The van der Waals surface area contributed by atoms with Crippen molar-refractivity contribution in [3.05, 3.63) is 36.0 Å². The summed E-state index contributed by atoms with van der Waals surface area (Å²) in [5.41, 5.74) is 1.49. The summed E-state index contributed by atoms with van der Waals surface area (Å²) in [7, 11) is 1.75. The molecule has 5 heteroatoms. The van der Waals surface area contributed by atoms with Crippen LogP contribution in [0.4, 0.5) is 6.01 Å². The normalized spacial score (nSPS) is 13.0. The van der Waals surface area contributed by atoms with Crippen LogP contribution in [0, 0.1) is 0 Å². The molecule has 1 aromatic heterocycles. The van der Waals surface area contributed by atoms with Gasteiger partial charge >= 0.3 is 0 Å². The van der Waals surface area contributed by atoms with E-state index in [4.69, 9.17) is 4.42 Å². The lowest BCUT2D eigenvalue weighted by Crippen LogP contribution is -2.25. The number of amides is 1. The van der Waals surface area contributed by atoms with Gasteiger partial charge in [-0.25, -0.2) is 4.98 Å². The van der Waals surface area contributed by atoms with Crippen molar-refractivity contribution in [2.45, 2.75) is 39.2 Å². The van der Waals surface area contributed by atoms with Gasteiger partial charge in [0.1, 0.15) is 0 Å². The first-order valence-electron chi connectivity index (χ1n) is 7.72. The molecule has 1 aliphatic rings. The number of rotatable bonds is 4. The summed E-state index contributed by atoms with van der Waals surface area (Å²) in [4.78, 5) is 16.0. The third-order valence-corrected chi connectivity index (χ3v) is 3.04. The van der Waals surface area contributed by atoms with E-state index >= 15 is 0 Å². The highest BCUT2D eigenvalue weighted by Crippen LogP contribution is 2.24. The molecular weight excluding hydrogens is 278 g/mol. The number of hydrogen-bond donors (Lipinski definition) is 2. The first-order valence-corrected chi connectivity index (χ1v) is 7.72. The third-order valence-electron chi connectivity index (χ3n) is 3.04. The Balaban J connectivity index is 0.000000545. The van der Waals surface area contributed by atoms with Crippen molar-refractivity contribution in [3.8, 4) is 11.3 Å². The van der Waals surface area contributed by atoms with Gasteiger partial charge in [0.25, 0.3) is 11.9 Å². The Labute approximate surface area is 131 Å². The smallest absolute Gasteiger partial charge is 0.294 e. The Bertz CT molecular complexity index is 618. The van der Waals surface area contributed by atoms with E-state index in [1.165, 1.54) is 6.42 Å². The number of carbonyl (C=O) groups is 1. The minimum atomic E-state index is -0.0299. The zero-order chi connectivity index (χ0) is 15.9. The number of oxazole rings is 1. The number of nitrogens with one attached hydrogen (secondary N) is 2. The monoisotopic (exact) mass is 301 g/mol. The molecule has 0 saturated heterocycles. The lowest BCUT2D eigenvalue weighted by atomic mass is 10.1. The lowest BCUT2D eigenvalue weighted by Gasteiger charge is -2.04. The first-order chi connectivity index (χ1) is 10.7. The van der Waals surface area contributed by atoms with Crippen LogP contribution in [0.15, 0.2) is 34.9 Å². The van der Waals surface area contributed by atoms with E-state index in [0.29, 0.717) is 23.4 Å². The fraction of sp³-hybridized carbons (Fsp3) is 0.412. The molecule has 0 spiro atoms. The van der Waals surface area contributed by atoms with Gasteiger partial charge in [0.05, 0.1) is 6.20 Å². The van der Waals surface area contributed by atoms with E-state index in [-0.39, 0.29) is 5.91 Å². The van der Waals surface area contributed by atoms with Crippen molar-refractivity contribution in [1.29, 1.82) is 0 Å². The molecule has 0 radical (unpaired) electrons. The van der Waals surface area contributed by atoms with Crippen LogP contribution in [0.3, 0.4) is 0 Å². The summed E-state index contributed by atoms with van der Waals surface area (Å²) in [6.07, 6.45) is 5.06. The van der Waals surface area contributed by atoms with Crippen LogP contribution in [-0.4, -0.2) is 24.0 Å². The average molecular weight is 301 g/mol. The van der Waals surface area contributed by atoms with Crippen LogP contribution >= 0.6 is 0 Å². The van der Waals surface area contributed by atoms with Crippen LogP contribution in [0.5, 0.6) is 0 Å². The van der Waals surface area contributed by atoms with E-state index in [1.54, 1.807) is 19.3 Å². The Morgan fingerprint density at radius 1 is 1.36 bits per heavy atom. The Kier molecular flexibility index (Phi) is 5.58. The summed E-state index contributed by atoms with van der Waals surface area (Å²) in [5.74, 6) is 0.614. The summed E-state index contributed by atoms with van der Waals surface area (Å²) >= 11 is 0. The summed E-state index contributed by atoms with van der Waals surface area (Å²) in [6, 6.07) is 8.18. The molecule has 0 atom stereocenters. The van der Waals surface area contributed by atoms with Gasteiger partial charge in [0, 0.05) is 24.2 Å². The number of nitrogens with zero attached hydrogens (tertiary/aromatic N) is 1. The van der Waals surface area contributed by atoms with E-state index in [2.05, 4.69) is 29.5 Å². The quantitative estimate of drug-likeness (QED) is 0.903. The van der Waals surface area contributed by atoms with Gasteiger partial charge in [-0.05, 0) is 25.0 Å². The van der Waals surface area contributed by atoms with Crippen molar-refractivity contribution in [2.24, 2.45) is 0 Å². The SMILES string of the molecule is CCC.CNc1ncc(-c2cccc(C(=O)NC3CC3)c2)o1. The van der Waals surface area contributed by atoms with Gasteiger partial charge in [-0.2, -0.15) is 0 Å². The molecule has 5 nitrogen and oxygen atoms in total. The van der Waals surface area contributed by atoms with Gasteiger partial charge in [-0.3, -0.25) is 4.79 Å². The Morgan fingerprint density at radius 3 is 2.68 bits per heavy atom. The molecule has 118 valence electrons. The zero-order valence-corrected chi connectivity index (χ0v) is 13.3. The second kappa shape index (κ2) is 7.64. The molecule has 1 heterocycles. The topological polar surface area (TPSA) is 67.2 Å². The second-order valence-corrected chi connectivity index (χ2v) is 5.32. The van der Waals surface area contributed by atoms with Gasteiger partial charge in [0.2, 0.25) is 0 Å². The highest BCUT2D eigenvalue weighted by Gasteiger charge is 2.23. The summed E-state index contributed by atoms with van der Waals surface area (Å²) in [6.45, 7) is 4.25. The number of anilines is 1. The van der Waals surface area contributed by atoms with Crippen molar-refractivity contribution in [1.82, 2.24) is 10.3 Å². The first kappa shape index (κ1) is 16.1. The van der Waals surface area contributed by atoms with Crippen LogP contribution in [0.25, 0.3) is 11.3 Å². The molecule has 1 amide bonds. The molecule has 2 N–H and O–H groups in total. The van der Waals surface area contributed by atoms with Crippen LogP contribution < -0.4 is 10.6 Å². The molecular formula is C17H23N3O2. The zero-order valence-electron chi connectivity index (χ0n) is 13.3. The Morgan fingerprint density at radius 2 is 2.09 bits per heavy atom. The van der Waals surface area contributed by atoms with Gasteiger partial charge in [-0.15, -0.1) is 0 Å². The van der Waals surface area contributed by atoms with Crippen LogP contribution in [-0.2, 0) is 0 Å². The van der Waals surface area contributed by atoms with Gasteiger partial charge in [0.15, 0.2) is 5.76 Å². The van der Waals surface area contributed by atoms with E-state index < -0.39 is 0 Å². The molecule has 22 heavy (non-hydrogen) atoms. The molecule has 1 aliphatic carbocycles. The van der Waals surface area contributed by atoms with E-state index in [9.17, 15) is 4.79 Å². The molecule has 3 rings (SSSR count). The summed E-state index contributed by atoms with van der Waals surface area (Å²) < 4.78 is 5.49.